The molecule has 4 aromatic rings. The maximum absolute atomic E-state index is 12.6. The molecule has 31 heavy (non-hydrogen) atoms. The van der Waals surface area contributed by atoms with Crippen LogP contribution in [0, 0.1) is 0 Å². The zero-order chi connectivity index (χ0) is 21.1. The van der Waals surface area contributed by atoms with Crippen molar-refractivity contribution in [1.29, 1.82) is 0 Å². The van der Waals surface area contributed by atoms with Crippen LogP contribution in [0.5, 0.6) is 0 Å². The topological polar surface area (TPSA) is 39.2 Å². The van der Waals surface area contributed by atoms with Gasteiger partial charge in [0, 0.05) is 12.4 Å². The standard InChI is InChI=1S/C28H21NO2/c30-27(22-13-10-18-29-19-22)31-20-25-26(21-11-4-1-5-12-21)28(25,23-14-6-2-7-15-23)24-16-8-3-9-17-24/h1-19H,20H2. The summed E-state index contributed by atoms with van der Waals surface area (Å²) in [5.41, 5.74) is 5.84. The van der Waals surface area contributed by atoms with Gasteiger partial charge in [-0.05, 0) is 40.0 Å². The van der Waals surface area contributed by atoms with Crippen molar-refractivity contribution < 1.29 is 9.53 Å². The fraction of sp³-hybridized carbons (Fsp3) is 0.0714. The van der Waals surface area contributed by atoms with E-state index in [2.05, 4.69) is 65.6 Å². The van der Waals surface area contributed by atoms with Crippen molar-refractivity contribution in [2.24, 2.45) is 0 Å². The monoisotopic (exact) mass is 403 g/mol. The van der Waals surface area contributed by atoms with Crippen LogP contribution in [0.2, 0.25) is 0 Å². The van der Waals surface area contributed by atoms with Crippen LogP contribution in [-0.4, -0.2) is 17.6 Å². The van der Waals surface area contributed by atoms with Crippen LogP contribution in [0.3, 0.4) is 0 Å². The van der Waals surface area contributed by atoms with Gasteiger partial charge in [-0.25, -0.2) is 4.79 Å². The highest BCUT2D eigenvalue weighted by atomic mass is 16.5. The van der Waals surface area contributed by atoms with E-state index in [9.17, 15) is 4.79 Å². The highest BCUT2D eigenvalue weighted by Crippen LogP contribution is 2.63. The van der Waals surface area contributed by atoms with Gasteiger partial charge in [-0.1, -0.05) is 91.0 Å². The van der Waals surface area contributed by atoms with Crippen molar-refractivity contribution in [2.75, 3.05) is 6.61 Å². The van der Waals surface area contributed by atoms with Crippen molar-refractivity contribution in [2.45, 2.75) is 5.41 Å². The maximum Gasteiger partial charge on any atom is 0.340 e. The van der Waals surface area contributed by atoms with Gasteiger partial charge in [0.2, 0.25) is 0 Å². The first kappa shape index (κ1) is 19.0. The SMILES string of the molecule is O=C(OCC1=C(c2ccccc2)C1(c1ccccc1)c1ccccc1)c1cccnc1. The Morgan fingerprint density at radius 3 is 1.87 bits per heavy atom. The smallest absolute Gasteiger partial charge is 0.340 e. The molecule has 1 aliphatic rings. The molecule has 0 saturated heterocycles. The molecule has 150 valence electrons. The van der Waals surface area contributed by atoms with Gasteiger partial charge in [-0.2, -0.15) is 0 Å². The Labute approximate surface area is 181 Å². The van der Waals surface area contributed by atoms with Gasteiger partial charge in [0.1, 0.15) is 6.61 Å². The second-order valence-corrected chi connectivity index (χ2v) is 7.52. The third-order valence-corrected chi connectivity index (χ3v) is 5.79. The first-order chi connectivity index (χ1) is 15.3. The molecule has 0 bridgehead atoms. The lowest BCUT2D eigenvalue weighted by Gasteiger charge is -2.22. The molecule has 3 aromatic carbocycles. The lowest BCUT2D eigenvalue weighted by atomic mass is 9.80. The Kier molecular flexibility index (Phi) is 4.93. The predicted octanol–water partition coefficient (Wildman–Crippen LogP) is 5.69. The summed E-state index contributed by atoms with van der Waals surface area (Å²) >= 11 is 0. The van der Waals surface area contributed by atoms with Gasteiger partial charge < -0.3 is 4.74 Å². The summed E-state index contributed by atoms with van der Waals surface area (Å²) in [6.45, 7) is 0.224. The van der Waals surface area contributed by atoms with Crippen LogP contribution >= 0.6 is 0 Å². The molecule has 0 N–H and O–H groups in total. The third-order valence-electron chi connectivity index (χ3n) is 5.79. The fourth-order valence-electron chi connectivity index (χ4n) is 4.39. The summed E-state index contributed by atoms with van der Waals surface area (Å²) in [4.78, 5) is 16.6. The minimum absolute atomic E-state index is 0.224. The van der Waals surface area contributed by atoms with E-state index in [0.29, 0.717) is 5.56 Å². The van der Waals surface area contributed by atoms with E-state index in [-0.39, 0.29) is 12.6 Å². The number of carbonyl (C=O) groups excluding carboxylic acids is 1. The van der Waals surface area contributed by atoms with Crippen LogP contribution in [0.4, 0.5) is 0 Å². The molecule has 5 rings (SSSR count). The number of pyridine rings is 1. The number of hydrogen-bond acceptors (Lipinski definition) is 3. The van der Waals surface area contributed by atoms with Gasteiger partial charge in [-0.3, -0.25) is 4.98 Å². The zero-order valence-corrected chi connectivity index (χ0v) is 16.9. The molecule has 0 saturated carbocycles. The Balaban J connectivity index is 1.58. The lowest BCUT2D eigenvalue weighted by Crippen LogP contribution is -2.18. The number of rotatable bonds is 6. The van der Waals surface area contributed by atoms with E-state index >= 15 is 0 Å². The van der Waals surface area contributed by atoms with E-state index in [4.69, 9.17) is 4.74 Å². The number of allylic oxidation sites excluding steroid dienone is 1. The van der Waals surface area contributed by atoms with Crippen molar-refractivity contribution in [3.63, 3.8) is 0 Å². The van der Waals surface area contributed by atoms with E-state index in [1.807, 2.05) is 30.3 Å². The summed E-state index contributed by atoms with van der Waals surface area (Å²) in [6, 6.07) is 34.6. The number of nitrogens with zero attached hydrogens (tertiary/aromatic N) is 1. The molecule has 3 heteroatoms. The van der Waals surface area contributed by atoms with Gasteiger partial charge >= 0.3 is 5.97 Å². The molecule has 0 atom stereocenters. The van der Waals surface area contributed by atoms with Crippen molar-refractivity contribution >= 4 is 11.5 Å². The molecular formula is C28H21NO2. The average Bonchev–Trinajstić information content (AvgIpc) is 3.54. The minimum atomic E-state index is -0.404. The second kappa shape index (κ2) is 8.04. The van der Waals surface area contributed by atoms with Crippen LogP contribution in [0.25, 0.3) is 5.57 Å². The first-order valence-electron chi connectivity index (χ1n) is 10.3. The van der Waals surface area contributed by atoms with Gasteiger partial charge in [0.25, 0.3) is 0 Å². The number of benzene rings is 3. The second-order valence-electron chi connectivity index (χ2n) is 7.52. The lowest BCUT2D eigenvalue weighted by molar-refractivity contribution is 0.0540. The Hall–Kier alpha value is -3.98. The number of hydrogen-bond donors (Lipinski definition) is 0. The molecule has 0 spiro atoms. The normalized spacial score (nSPS) is 14.2. The van der Waals surface area contributed by atoms with Crippen molar-refractivity contribution in [3.8, 4) is 0 Å². The number of aromatic nitrogens is 1. The Bertz CT molecular complexity index is 1180. The molecule has 0 amide bonds. The molecule has 0 fully saturated rings. The minimum Gasteiger partial charge on any atom is -0.457 e. The Morgan fingerprint density at radius 1 is 0.742 bits per heavy atom. The summed E-state index contributed by atoms with van der Waals surface area (Å²) in [5, 5.41) is 0. The largest absolute Gasteiger partial charge is 0.457 e. The van der Waals surface area contributed by atoms with Crippen LogP contribution in [0.1, 0.15) is 27.0 Å². The summed E-state index contributed by atoms with van der Waals surface area (Å²) < 4.78 is 5.77. The number of esters is 1. The van der Waals surface area contributed by atoms with Gasteiger partial charge in [0.15, 0.2) is 0 Å². The summed E-state index contributed by atoms with van der Waals surface area (Å²) in [7, 11) is 0. The van der Waals surface area contributed by atoms with Crippen LogP contribution in [-0.2, 0) is 10.2 Å². The predicted molar refractivity (Wildman–Crippen MR) is 122 cm³/mol. The average molecular weight is 403 g/mol. The van der Waals surface area contributed by atoms with E-state index in [0.717, 1.165) is 11.1 Å². The first-order valence-corrected chi connectivity index (χ1v) is 10.3. The van der Waals surface area contributed by atoms with Crippen molar-refractivity contribution in [3.05, 3.63) is 143 Å². The van der Waals surface area contributed by atoms with Gasteiger partial charge in [0.05, 0.1) is 11.0 Å². The van der Waals surface area contributed by atoms with Crippen LogP contribution < -0.4 is 0 Å². The summed E-state index contributed by atoms with van der Waals surface area (Å²) in [5.74, 6) is -0.366. The summed E-state index contributed by atoms with van der Waals surface area (Å²) in [6.07, 6.45) is 3.17. The molecule has 1 aliphatic carbocycles. The van der Waals surface area contributed by atoms with E-state index in [1.54, 1.807) is 18.3 Å². The molecular weight excluding hydrogens is 382 g/mol. The number of carbonyl (C=O) groups is 1. The maximum atomic E-state index is 12.6. The Morgan fingerprint density at radius 2 is 1.32 bits per heavy atom. The highest BCUT2D eigenvalue weighted by molar-refractivity contribution is 6.00. The zero-order valence-electron chi connectivity index (χ0n) is 16.9. The molecule has 1 heterocycles. The number of ether oxygens (including phenoxy) is 1. The third kappa shape index (κ3) is 3.34. The molecule has 0 unspecified atom stereocenters. The quantitative estimate of drug-likeness (QED) is 0.388. The molecule has 0 radical (unpaired) electrons. The molecule has 1 aromatic heterocycles. The molecule has 0 aliphatic heterocycles. The fourth-order valence-corrected chi connectivity index (χ4v) is 4.39. The van der Waals surface area contributed by atoms with Crippen LogP contribution in [0.15, 0.2) is 121 Å². The molecule has 3 nitrogen and oxygen atoms in total. The van der Waals surface area contributed by atoms with E-state index in [1.165, 1.54) is 22.9 Å². The van der Waals surface area contributed by atoms with Gasteiger partial charge in [-0.15, -0.1) is 0 Å². The van der Waals surface area contributed by atoms with Crippen molar-refractivity contribution in [1.82, 2.24) is 4.98 Å². The highest BCUT2D eigenvalue weighted by Gasteiger charge is 2.56. The van der Waals surface area contributed by atoms with E-state index < -0.39 is 5.41 Å².